The molecule has 0 aliphatic heterocycles. The molecule has 0 saturated heterocycles. The number of pyridine rings is 1. The number of halogens is 3. The predicted octanol–water partition coefficient (Wildman–Crippen LogP) is 2.42. The van der Waals surface area contributed by atoms with Gasteiger partial charge in [0, 0.05) is 19.2 Å². The molecular weight excluding hydrogens is 207 g/mol. The van der Waals surface area contributed by atoms with Crippen molar-refractivity contribution in [2.24, 2.45) is 0 Å². The van der Waals surface area contributed by atoms with E-state index >= 15 is 0 Å². The van der Waals surface area contributed by atoms with Crippen molar-refractivity contribution in [3.63, 3.8) is 0 Å². The van der Waals surface area contributed by atoms with Crippen molar-refractivity contribution in [3.8, 4) is 0 Å². The van der Waals surface area contributed by atoms with Gasteiger partial charge in [-0.1, -0.05) is 0 Å². The third kappa shape index (κ3) is 4.53. The Bertz CT molecular complexity index is 312. The first-order valence-electron chi connectivity index (χ1n) is 4.49. The molecule has 15 heavy (non-hydrogen) atoms. The van der Waals surface area contributed by atoms with Crippen LogP contribution in [0.5, 0.6) is 0 Å². The summed E-state index contributed by atoms with van der Waals surface area (Å²) in [5.74, 6) is 0. The molecule has 0 aromatic carbocycles. The lowest BCUT2D eigenvalue weighted by atomic mass is 10.3. The maximum atomic E-state index is 11.8. The molecule has 0 aliphatic carbocycles. The van der Waals surface area contributed by atoms with Gasteiger partial charge in [0.25, 0.3) is 0 Å². The Morgan fingerprint density at radius 3 is 2.73 bits per heavy atom. The molecule has 0 aliphatic rings. The highest BCUT2D eigenvalue weighted by atomic mass is 19.4. The zero-order valence-corrected chi connectivity index (χ0v) is 8.01. The first-order valence-corrected chi connectivity index (χ1v) is 4.49. The van der Waals surface area contributed by atoms with Crippen molar-refractivity contribution in [1.82, 2.24) is 4.98 Å². The number of nitrogens with two attached hydrogens (primary N) is 1. The predicted molar refractivity (Wildman–Crippen MR) is 52.4 cm³/mol. The lowest BCUT2D eigenvalue weighted by Gasteiger charge is -2.09. The molecule has 3 nitrogen and oxygen atoms in total. The van der Waals surface area contributed by atoms with E-state index in [2.05, 4.69) is 10.3 Å². The van der Waals surface area contributed by atoms with Gasteiger partial charge < -0.3 is 11.1 Å². The Kier molecular flexibility index (Phi) is 3.76. The minimum Gasteiger partial charge on any atom is -0.396 e. The van der Waals surface area contributed by atoms with Gasteiger partial charge in [0.1, 0.15) is 0 Å². The van der Waals surface area contributed by atoms with Gasteiger partial charge in [0.2, 0.25) is 0 Å². The second-order valence-electron chi connectivity index (χ2n) is 3.11. The molecule has 1 aromatic heterocycles. The van der Waals surface area contributed by atoms with Crippen molar-refractivity contribution < 1.29 is 13.2 Å². The average Bonchev–Trinajstić information content (AvgIpc) is 2.13. The average molecular weight is 219 g/mol. The Morgan fingerprint density at radius 1 is 1.40 bits per heavy atom. The number of hydrogen-bond donors (Lipinski definition) is 2. The lowest BCUT2D eigenvalue weighted by Crippen LogP contribution is -2.11. The van der Waals surface area contributed by atoms with E-state index in [1.807, 2.05) is 0 Å². The number of aromatic nitrogens is 1. The van der Waals surface area contributed by atoms with Crippen LogP contribution in [0.4, 0.5) is 24.5 Å². The van der Waals surface area contributed by atoms with Crippen LogP contribution in [-0.2, 0) is 0 Å². The van der Waals surface area contributed by atoms with Gasteiger partial charge in [0.15, 0.2) is 0 Å². The van der Waals surface area contributed by atoms with Crippen molar-refractivity contribution in [1.29, 1.82) is 0 Å². The summed E-state index contributed by atoms with van der Waals surface area (Å²) in [5.41, 5.74) is 6.59. The summed E-state index contributed by atoms with van der Waals surface area (Å²) >= 11 is 0. The monoisotopic (exact) mass is 219 g/mol. The highest BCUT2D eigenvalue weighted by molar-refractivity contribution is 5.63. The molecule has 0 atom stereocenters. The van der Waals surface area contributed by atoms with Crippen LogP contribution in [0.3, 0.4) is 0 Å². The number of nitrogen functional groups attached to an aromatic ring is 1. The smallest absolute Gasteiger partial charge is 0.389 e. The summed E-state index contributed by atoms with van der Waals surface area (Å²) < 4.78 is 35.4. The van der Waals surface area contributed by atoms with E-state index in [1.165, 1.54) is 12.4 Å². The van der Waals surface area contributed by atoms with Crippen LogP contribution < -0.4 is 11.1 Å². The normalized spacial score (nSPS) is 11.4. The van der Waals surface area contributed by atoms with Crippen LogP contribution in [0.2, 0.25) is 0 Å². The molecule has 0 radical (unpaired) electrons. The molecule has 0 unspecified atom stereocenters. The first kappa shape index (κ1) is 11.6. The van der Waals surface area contributed by atoms with Gasteiger partial charge in [-0.2, -0.15) is 13.2 Å². The second-order valence-corrected chi connectivity index (χ2v) is 3.11. The molecule has 0 bridgehead atoms. The van der Waals surface area contributed by atoms with Crippen LogP contribution in [-0.4, -0.2) is 17.7 Å². The van der Waals surface area contributed by atoms with E-state index in [1.54, 1.807) is 6.07 Å². The summed E-state index contributed by atoms with van der Waals surface area (Å²) in [6, 6.07) is 1.63. The highest BCUT2D eigenvalue weighted by Gasteiger charge is 2.25. The molecule has 0 spiro atoms. The fourth-order valence-electron chi connectivity index (χ4n) is 1.08. The fourth-order valence-corrected chi connectivity index (χ4v) is 1.08. The molecule has 0 amide bonds. The summed E-state index contributed by atoms with van der Waals surface area (Å²) in [4.78, 5) is 3.77. The van der Waals surface area contributed by atoms with Gasteiger partial charge in [-0.05, 0) is 12.5 Å². The van der Waals surface area contributed by atoms with E-state index in [0.29, 0.717) is 11.4 Å². The number of nitrogens with one attached hydrogen (secondary N) is 1. The highest BCUT2D eigenvalue weighted by Crippen LogP contribution is 2.21. The summed E-state index contributed by atoms with van der Waals surface area (Å²) in [6.45, 7) is 0.244. The number of nitrogens with zero attached hydrogens (tertiary/aromatic N) is 1. The Labute approximate surface area is 85.5 Å². The molecule has 84 valence electrons. The summed E-state index contributed by atoms with van der Waals surface area (Å²) in [7, 11) is 0. The summed E-state index contributed by atoms with van der Waals surface area (Å²) in [6.07, 6.45) is -1.86. The maximum Gasteiger partial charge on any atom is 0.389 e. The van der Waals surface area contributed by atoms with Crippen LogP contribution in [0.25, 0.3) is 0 Å². The van der Waals surface area contributed by atoms with E-state index in [9.17, 15) is 13.2 Å². The van der Waals surface area contributed by atoms with Gasteiger partial charge in [-0.15, -0.1) is 0 Å². The van der Waals surface area contributed by atoms with Crippen LogP contribution in [0, 0.1) is 0 Å². The van der Waals surface area contributed by atoms with Gasteiger partial charge in [-0.3, -0.25) is 4.98 Å². The Hall–Kier alpha value is -1.46. The minimum absolute atomic E-state index is 0.0330. The standard InChI is InChI=1S/C9H12F3N3/c10-9(11,12)3-1-4-15-8-2-5-14-6-7(8)13/h2,5-6H,1,3-4,13H2,(H,14,15). The van der Waals surface area contributed by atoms with Gasteiger partial charge in [0.05, 0.1) is 17.6 Å². The molecule has 6 heteroatoms. The molecule has 0 saturated carbocycles. The molecule has 3 N–H and O–H groups in total. The first-order chi connectivity index (χ1) is 6.99. The summed E-state index contributed by atoms with van der Waals surface area (Å²) in [5, 5.41) is 2.82. The van der Waals surface area contributed by atoms with Crippen LogP contribution in [0.15, 0.2) is 18.5 Å². The van der Waals surface area contributed by atoms with Gasteiger partial charge >= 0.3 is 6.18 Å². The van der Waals surface area contributed by atoms with Crippen molar-refractivity contribution in [3.05, 3.63) is 18.5 Å². The zero-order valence-electron chi connectivity index (χ0n) is 8.01. The maximum absolute atomic E-state index is 11.8. The van der Waals surface area contributed by atoms with E-state index in [0.717, 1.165) is 0 Å². The molecule has 1 rings (SSSR count). The Balaban J connectivity index is 2.30. The Morgan fingerprint density at radius 2 is 2.13 bits per heavy atom. The topological polar surface area (TPSA) is 50.9 Å². The van der Waals surface area contributed by atoms with Crippen LogP contribution >= 0.6 is 0 Å². The third-order valence-corrected chi connectivity index (χ3v) is 1.80. The van der Waals surface area contributed by atoms with Crippen molar-refractivity contribution >= 4 is 11.4 Å². The SMILES string of the molecule is Nc1cnccc1NCCCC(F)(F)F. The zero-order chi connectivity index (χ0) is 11.3. The van der Waals surface area contributed by atoms with Crippen LogP contribution in [0.1, 0.15) is 12.8 Å². The van der Waals surface area contributed by atoms with E-state index in [4.69, 9.17) is 5.73 Å². The quantitative estimate of drug-likeness (QED) is 0.764. The molecular formula is C9H12F3N3. The number of hydrogen-bond acceptors (Lipinski definition) is 3. The number of anilines is 2. The molecule has 0 fully saturated rings. The minimum atomic E-state index is -4.09. The second kappa shape index (κ2) is 4.86. The van der Waals surface area contributed by atoms with E-state index < -0.39 is 12.6 Å². The third-order valence-electron chi connectivity index (χ3n) is 1.80. The van der Waals surface area contributed by atoms with Crippen molar-refractivity contribution in [2.45, 2.75) is 19.0 Å². The molecule has 1 aromatic rings. The number of alkyl halides is 3. The van der Waals surface area contributed by atoms with E-state index in [-0.39, 0.29) is 13.0 Å². The molecule has 1 heterocycles. The fraction of sp³-hybridized carbons (Fsp3) is 0.444. The lowest BCUT2D eigenvalue weighted by molar-refractivity contribution is -0.134. The number of rotatable bonds is 4. The van der Waals surface area contributed by atoms with Crippen molar-refractivity contribution in [2.75, 3.05) is 17.6 Å². The largest absolute Gasteiger partial charge is 0.396 e. The van der Waals surface area contributed by atoms with Gasteiger partial charge in [-0.25, -0.2) is 0 Å².